The Hall–Kier alpha value is -4.01. The number of benzene rings is 2. The predicted molar refractivity (Wildman–Crippen MR) is 121 cm³/mol. The number of nitrogens with zero attached hydrogens (tertiary/aromatic N) is 3. The van der Waals surface area contributed by atoms with E-state index in [0.29, 0.717) is 36.3 Å². The number of carboxylic acid groups (broad SMARTS) is 1. The van der Waals surface area contributed by atoms with Crippen LogP contribution in [0.5, 0.6) is 0 Å². The molecule has 0 saturated carbocycles. The SMILES string of the molecule is Cn1c2c(c3ccc(-n4ccc(-c5ccc(C(F)(F)F)cc5)cc4=O)cc31)CN(C(=O)O)CC2. The van der Waals surface area contributed by atoms with Crippen molar-refractivity contribution < 1.29 is 23.1 Å². The number of amides is 1. The molecule has 3 heterocycles. The first-order valence-electron chi connectivity index (χ1n) is 10.6. The molecule has 0 radical (unpaired) electrons. The minimum atomic E-state index is -4.41. The van der Waals surface area contributed by atoms with Gasteiger partial charge in [-0.1, -0.05) is 18.2 Å². The van der Waals surface area contributed by atoms with Gasteiger partial charge in [0.1, 0.15) is 0 Å². The fourth-order valence-corrected chi connectivity index (χ4v) is 4.60. The van der Waals surface area contributed by atoms with Crippen LogP contribution in [-0.4, -0.2) is 31.8 Å². The summed E-state index contributed by atoms with van der Waals surface area (Å²) in [5, 5.41) is 10.3. The van der Waals surface area contributed by atoms with Gasteiger partial charge in [-0.3, -0.25) is 9.36 Å². The van der Waals surface area contributed by atoms with Gasteiger partial charge >= 0.3 is 12.3 Å². The lowest BCUT2D eigenvalue weighted by molar-refractivity contribution is -0.137. The third kappa shape index (κ3) is 3.63. The number of aromatic nitrogens is 2. The van der Waals surface area contributed by atoms with Crippen LogP contribution in [0.2, 0.25) is 0 Å². The third-order valence-electron chi connectivity index (χ3n) is 6.40. The molecule has 0 unspecified atom stereocenters. The number of halogens is 3. The van der Waals surface area contributed by atoms with Crippen molar-refractivity contribution in [2.24, 2.45) is 7.05 Å². The maximum absolute atomic E-state index is 12.9. The van der Waals surface area contributed by atoms with Crippen LogP contribution in [0.3, 0.4) is 0 Å². The highest BCUT2D eigenvalue weighted by Gasteiger charge is 2.30. The van der Waals surface area contributed by atoms with Gasteiger partial charge in [0.2, 0.25) is 0 Å². The molecule has 2 aromatic heterocycles. The Labute approximate surface area is 192 Å². The molecule has 6 nitrogen and oxygen atoms in total. The molecule has 0 bridgehead atoms. The van der Waals surface area contributed by atoms with Gasteiger partial charge in [-0.2, -0.15) is 13.2 Å². The molecule has 34 heavy (non-hydrogen) atoms. The molecule has 1 amide bonds. The van der Waals surface area contributed by atoms with Crippen molar-refractivity contribution in [1.29, 1.82) is 0 Å². The van der Waals surface area contributed by atoms with Crippen molar-refractivity contribution in [2.45, 2.75) is 19.1 Å². The first-order chi connectivity index (χ1) is 16.1. The van der Waals surface area contributed by atoms with Gasteiger partial charge in [0.25, 0.3) is 5.56 Å². The van der Waals surface area contributed by atoms with Gasteiger partial charge in [0.05, 0.1) is 23.3 Å². The van der Waals surface area contributed by atoms with Crippen molar-refractivity contribution in [1.82, 2.24) is 14.0 Å². The molecule has 2 aromatic carbocycles. The first-order valence-corrected chi connectivity index (χ1v) is 10.6. The van der Waals surface area contributed by atoms with Gasteiger partial charge in [-0.05, 0) is 41.5 Å². The minimum Gasteiger partial charge on any atom is -0.465 e. The van der Waals surface area contributed by atoms with E-state index in [0.717, 1.165) is 34.3 Å². The largest absolute Gasteiger partial charge is 0.465 e. The molecule has 1 N–H and O–H groups in total. The molecule has 0 spiro atoms. The summed E-state index contributed by atoms with van der Waals surface area (Å²) in [4.78, 5) is 25.7. The molecule has 4 aromatic rings. The van der Waals surface area contributed by atoms with E-state index in [1.54, 1.807) is 12.3 Å². The number of hydrogen-bond acceptors (Lipinski definition) is 2. The Morgan fingerprint density at radius 1 is 1.00 bits per heavy atom. The first kappa shape index (κ1) is 21.8. The second kappa shape index (κ2) is 7.79. The summed E-state index contributed by atoms with van der Waals surface area (Å²) in [6.45, 7) is 0.757. The summed E-state index contributed by atoms with van der Waals surface area (Å²) in [6, 6.07) is 13.4. The summed E-state index contributed by atoms with van der Waals surface area (Å²) in [7, 11) is 1.93. The van der Waals surface area contributed by atoms with E-state index in [1.807, 2.05) is 29.8 Å². The molecule has 9 heteroatoms. The maximum Gasteiger partial charge on any atom is 0.416 e. The topological polar surface area (TPSA) is 67.5 Å². The lowest BCUT2D eigenvalue weighted by Crippen LogP contribution is -2.34. The molecular weight excluding hydrogens is 447 g/mol. The molecule has 1 aliphatic heterocycles. The molecule has 0 saturated heterocycles. The zero-order chi connectivity index (χ0) is 24.2. The van der Waals surface area contributed by atoms with E-state index in [-0.39, 0.29) is 5.56 Å². The van der Waals surface area contributed by atoms with Crippen molar-refractivity contribution in [3.63, 3.8) is 0 Å². The lowest BCUT2D eigenvalue weighted by Gasteiger charge is -2.25. The van der Waals surface area contributed by atoms with Crippen LogP contribution in [0.15, 0.2) is 65.6 Å². The Kier molecular flexibility index (Phi) is 5.00. The zero-order valence-corrected chi connectivity index (χ0v) is 18.1. The standard InChI is InChI=1S/C25H20F3N3O3/c1-29-21-9-10-30(24(33)34)14-20(21)19-7-6-18(13-22(19)29)31-11-8-16(12-23(31)32)15-2-4-17(5-3-15)25(26,27)28/h2-8,11-13H,9-10,14H2,1H3,(H,33,34). The lowest BCUT2D eigenvalue weighted by atomic mass is 10.0. The fourth-order valence-electron chi connectivity index (χ4n) is 4.60. The van der Waals surface area contributed by atoms with Crippen LogP contribution >= 0.6 is 0 Å². The highest BCUT2D eigenvalue weighted by atomic mass is 19.4. The highest BCUT2D eigenvalue weighted by Crippen LogP contribution is 2.32. The second-order valence-electron chi connectivity index (χ2n) is 8.34. The molecule has 5 rings (SSSR count). The average Bonchev–Trinajstić information content (AvgIpc) is 3.09. The molecular formula is C25H20F3N3O3. The van der Waals surface area contributed by atoms with Crippen LogP contribution in [0.4, 0.5) is 18.0 Å². The Bertz CT molecular complexity index is 1480. The smallest absolute Gasteiger partial charge is 0.416 e. The van der Waals surface area contributed by atoms with Crippen LogP contribution < -0.4 is 5.56 Å². The number of carbonyl (C=O) groups is 1. The normalized spacial score (nSPS) is 13.8. The molecule has 1 aliphatic rings. The minimum absolute atomic E-state index is 0.312. The van der Waals surface area contributed by atoms with E-state index in [1.165, 1.54) is 27.7 Å². The molecule has 0 aliphatic carbocycles. The number of fused-ring (bicyclic) bond motifs is 3. The van der Waals surface area contributed by atoms with Crippen LogP contribution in [-0.2, 0) is 26.2 Å². The van der Waals surface area contributed by atoms with Gasteiger partial charge in [-0.25, -0.2) is 4.79 Å². The zero-order valence-electron chi connectivity index (χ0n) is 18.1. The molecule has 0 fully saturated rings. The predicted octanol–water partition coefficient (Wildman–Crippen LogP) is 5.05. The number of alkyl halides is 3. The van der Waals surface area contributed by atoms with E-state index >= 15 is 0 Å². The van der Waals surface area contributed by atoms with E-state index in [9.17, 15) is 27.9 Å². The van der Waals surface area contributed by atoms with E-state index in [2.05, 4.69) is 0 Å². The van der Waals surface area contributed by atoms with Gasteiger partial charge in [0, 0.05) is 48.9 Å². The van der Waals surface area contributed by atoms with E-state index < -0.39 is 17.8 Å². The Morgan fingerprint density at radius 2 is 1.74 bits per heavy atom. The Balaban J connectivity index is 1.50. The van der Waals surface area contributed by atoms with Crippen LogP contribution in [0.1, 0.15) is 16.8 Å². The number of rotatable bonds is 2. The van der Waals surface area contributed by atoms with Crippen LogP contribution in [0, 0.1) is 0 Å². The van der Waals surface area contributed by atoms with Crippen molar-refractivity contribution in [2.75, 3.05) is 6.54 Å². The summed E-state index contributed by atoms with van der Waals surface area (Å²) in [5.41, 5.74) is 3.59. The second-order valence-corrected chi connectivity index (χ2v) is 8.34. The van der Waals surface area contributed by atoms with Crippen molar-refractivity contribution in [3.8, 4) is 16.8 Å². The summed E-state index contributed by atoms with van der Waals surface area (Å²) < 4.78 is 41.9. The summed E-state index contributed by atoms with van der Waals surface area (Å²) in [6.07, 6.45) is -3.14. The average molecular weight is 467 g/mol. The van der Waals surface area contributed by atoms with Crippen molar-refractivity contribution >= 4 is 17.0 Å². The fraction of sp³-hybridized carbons (Fsp3) is 0.200. The van der Waals surface area contributed by atoms with Crippen LogP contribution in [0.25, 0.3) is 27.7 Å². The monoisotopic (exact) mass is 467 g/mol. The van der Waals surface area contributed by atoms with Gasteiger partial charge < -0.3 is 14.6 Å². The summed E-state index contributed by atoms with van der Waals surface area (Å²) >= 11 is 0. The molecule has 174 valence electrons. The maximum atomic E-state index is 12.9. The van der Waals surface area contributed by atoms with Crippen molar-refractivity contribution in [3.05, 3.63) is 88.0 Å². The van der Waals surface area contributed by atoms with Gasteiger partial charge in [-0.15, -0.1) is 0 Å². The number of hydrogen-bond donors (Lipinski definition) is 1. The quantitative estimate of drug-likeness (QED) is 0.449. The summed E-state index contributed by atoms with van der Waals surface area (Å²) in [5.74, 6) is 0. The number of pyridine rings is 1. The van der Waals surface area contributed by atoms with Gasteiger partial charge in [0.15, 0.2) is 0 Å². The Morgan fingerprint density at radius 3 is 2.38 bits per heavy atom. The van der Waals surface area contributed by atoms with E-state index in [4.69, 9.17) is 0 Å². The number of aryl methyl sites for hydroxylation is 1. The molecule has 0 atom stereocenters. The third-order valence-corrected chi connectivity index (χ3v) is 6.40. The highest BCUT2D eigenvalue weighted by molar-refractivity contribution is 5.88.